The quantitative estimate of drug-likeness (QED) is 0.826. The number of aryl methyl sites for hydroxylation is 1. The molecule has 1 aromatic carbocycles. The Balaban J connectivity index is 1.85. The number of rotatable bonds is 7. The Morgan fingerprint density at radius 1 is 1.19 bits per heavy atom. The van der Waals surface area contributed by atoms with Gasteiger partial charge < -0.3 is 10.1 Å². The van der Waals surface area contributed by atoms with E-state index in [4.69, 9.17) is 4.74 Å². The van der Waals surface area contributed by atoms with E-state index in [-0.39, 0.29) is 0 Å². The van der Waals surface area contributed by atoms with Crippen LogP contribution < -0.4 is 10.1 Å². The Morgan fingerprint density at radius 3 is 2.48 bits per heavy atom. The van der Waals surface area contributed by atoms with Crippen LogP contribution in [0.3, 0.4) is 0 Å². The zero-order valence-electron chi connectivity index (χ0n) is 13.2. The molecule has 0 fully saturated rings. The van der Waals surface area contributed by atoms with Gasteiger partial charge in [0.15, 0.2) is 0 Å². The fourth-order valence-corrected chi connectivity index (χ4v) is 2.68. The van der Waals surface area contributed by atoms with Gasteiger partial charge in [0.05, 0.1) is 6.61 Å². The first kappa shape index (κ1) is 16.0. The Bertz CT molecular complexity index is 548. The SMILES string of the molecule is Cc1csc(CNC(C)c2ccc(OCC(C)C)cc2)n1. The number of ether oxygens (including phenoxy) is 1. The summed E-state index contributed by atoms with van der Waals surface area (Å²) in [5.41, 5.74) is 2.36. The molecule has 0 amide bonds. The van der Waals surface area contributed by atoms with Crippen LogP contribution >= 0.6 is 11.3 Å². The van der Waals surface area contributed by atoms with E-state index >= 15 is 0 Å². The summed E-state index contributed by atoms with van der Waals surface area (Å²) < 4.78 is 5.71. The van der Waals surface area contributed by atoms with Gasteiger partial charge in [0.1, 0.15) is 10.8 Å². The van der Waals surface area contributed by atoms with Crippen molar-refractivity contribution in [2.24, 2.45) is 5.92 Å². The standard InChI is InChI=1S/C17H24N2OS/c1-12(2)10-20-16-7-5-15(6-8-16)14(4)18-9-17-19-13(3)11-21-17/h5-8,11-12,14,18H,9-10H2,1-4H3. The number of aromatic nitrogens is 1. The van der Waals surface area contributed by atoms with Gasteiger partial charge in [-0.05, 0) is 37.5 Å². The van der Waals surface area contributed by atoms with E-state index in [0.717, 1.165) is 29.6 Å². The Kier molecular flexibility index (Phi) is 5.76. The minimum Gasteiger partial charge on any atom is -0.493 e. The summed E-state index contributed by atoms with van der Waals surface area (Å²) in [5.74, 6) is 1.49. The highest BCUT2D eigenvalue weighted by Gasteiger charge is 2.07. The average Bonchev–Trinajstić information content (AvgIpc) is 2.89. The van der Waals surface area contributed by atoms with E-state index in [2.05, 4.69) is 48.6 Å². The molecule has 1 atom stereocenters. The fraction of sp³-hybridized carbons (Fsp3) is 0.471. The summed E-state index contributed by atoms with van der Waals surface area (Å²) in [6, 6.07) is 8.64. The second-order valence-corrected chi connectivity index (χ2v) is 6.70. The van der Waals surface area contributed by atoms with Crippen LogP contribution in [0.1, 0.15) is 43.1 Å². The highest BCUT2D eigenvalue weighted by atomic mass is 32.1. The van der Waals surface area contributed by atoms with Crippen LogP contribution in [0.5, 0.6) is 5.75 Å². The summed E-state index contributed by atoms with van der Waals surface area (Å²) in [4.78, 5) is 4.47. The van der Waals surface area contributed by atoms with Gasteiger partial charge in [-0.2, -0.15) is 0 Å². The van der Waals surface area contributed by atoms with Gasteiger partial charge in [-0.25, -0.2) is 4.98 Å². The minimum atomic E-state index is 0.299. The molecule has 0 aliphatic carbocycles. The molecule has 0 radical (unpaired) electrons. The molecule has 2 rings (SSSR count). The summed E-state index contributed by atoms with van der Waals surface area (Å²) >= 11 is 1.70. The molecular weight excluding hydrogens is 280 g/mol. The maximum absolute atomic E-state index is 5.71. The van der Waals surface area contributed by atoms with Crippen LogP contribution in [0.15, 0.2) is 29.6 Å². The van der Waals surface area contributed by atoms with Crippen LogP contribution in [0.25, 0.3) is 0 Å². The summed E-state index contributed by atoms with van der Waals surface area (Å²) in [6.45, 7) is 10.1. The fourth-order valence-electron chi connectivity index (χ4n) is 1.96. The van der Waals surface area contributed by atoms with Crippen LogP contribution in [-0.2, 0) is 6.54 Å². The Morgan fingerprint density at radius 2 is 1.90 bits per heavy atom. The van der Waals surface area contributed by atoms with Gasteiger partial charge in [-0.3, -0.25) is 0 Å². The lowest BCUT2D eigenvalue weighted by Crippen LogP contribution is -2.18. The normalized spacial score (nSPS) is 12.6. The first-order valence-corrected chi connectivity index (χ1v) is 8.29. The molecule has 3 nitrogen and oxygen atoms in total. The van der Waals surface area contributed by atoms with Gasteiger partial charge in [-0.15, -0.1) is 11.3 Å². The highest BCUT2D eigenvalue weighted by Crippen LogP contribution is 2.19. The molecular formula is C17H24N2OS. The van der Waals surface area contributed by atoms with Gasteiger partial charge >= 0.3 is 0 Å². The van der Waals surface area contributed by atoms with Crippen LogP contribution in [0, 0.1) is 12.8 Å². The van der Waals surface area contributed by atoms with Gasteiger partial charge in [0, 0.05) is 23.7 Å². The van der Waals surface area contributed by atoms with Gasteiger partial charge in [-0.1, -0.05) is 26.0 Å². The van der Waals surface area contributed by atoms with E-state index in [1.165, 1.54) is 5.56 Å². The lowest BCUT2D eigenvalue weighted by Gasteiger charge is -2.14. The number of hydrogen-bond donors (Lipinski definition) is 1. The molecule has 2 aromatic rings. The van der Waals surface area contributed by atoms with E-state index < -0.39 is 0 Å². The summed E-state index contributed by atoms with van der Waals surface area (Å²) in [7, 11) is 0. The molecule has 1 heterocycles. The number of thiazole rings is 1. The average molecular weight is 304 g/mol. The Labute approximate surface area is 131 Å². The van der Waals surface area contributed by atoms with Crippen molar-refractivity contribution in [2.45, 2.75) is 40.3 Å². The lowest BCUT2D eigenvalue weighted by molar-refractivity contribution is 0.271. The van der Waals surface area contributed by atoms with E-state index in [9.17, 15) is 0 Å². The molecule has 0 saturated carbocycles. The van der Waals surface area contributed by atoms with Crippen molar-refractivity contribution in [3.05, 3.63) is 45.9 Å². The molecule has 1 unspecified atom stereocenters. The van der Waals surface area contributed by atoms with Crippen LogP contribution in [0.4, 0.5) is 0 Å². The maximum Gasteiger partial charge on any atom is 0.119 e. The predicted octanol–water partition coefficient (Wildman–Crippen LogP) is 4.34. The molecule has 0 saturated heterocycles. The zero-order chi connectivity index (χ0) is 15.2. The number of nitrogens with zero attached hydrogens (tertiary/aromatic N) is 1. The van der Waals surface area contributed by atoms with E-state index in [1.807, 2.05) is 19.1 Å². The molecule has 1 N–H and O–H groups in total. The Hall–Kier alpha value is -1.39. The molecule has 0 aliphatic rings. The van der Waals surface area contributed by atoms with Crippen molar-refractivity contribution < 1.29 is 4.74 Å². The van der Waals surface area contributed by atoms with Gasteiger partial charge in [0.25, 0.3) is 0 Å². The molecule has 0 spiro atoms. The molecule has 4 heteroatoms. The second-order valence-electron chi connectivity index (χ2n) is 5.76. The maximum atomic E-state index is 5.71. The third kappa shape index (κ3) is 5.14. The third-order valence-corrected chi connectivity index (χ3v) is 4.16. The molecule has 21 heavy (non-hydrogen) atoms. The van der Waals surface area contributed by atoms with Crippen molar-refractivity contribution in [1.29, 1.82) is 0 Å². The van der Waals surface area contributed by atoms with Crippen molar-refractivity contribution in [3.8, 4) is 5.75 Å². The van der Waals surface area contributed by atoms with Gasteiger partial charge in [0.2, 0.25) is 0 Å². The predicted molar refractivity (Wildman–Crippen MR) is 88.9 cm³/mol. The van der Waals surface area contributed by atoms with E-state index in [0.29, 0.717) is 12.0 Å². The largest absolute Gasteiger partial charge is 0.493 e. The first-order valence-electron chi connectivity index (χ1n) is 7.41. The molecule has 1 aromatic heterocycles. The number of benzene rings is 1. The first-order chi connectivity index (χ1) is 10.0. The monoisotopic (exact) mass is 304 g/mol. The minimum absolute atomic E-state index is 0.299. The molecule has 0 aliphatic heterocycles. The zero-order valence-corrected chi connectivity index (χ0v) is 14.0. The van der Waals surface area contributed by atoms with E-state index in [1.54, 1.807) is 11.3 Å². The van der Waals surface area contributed by atoms with Crippen molar-refractivity contribution in [1.82, 2.24) is 10.3 Å². The van der Waals surface area contributed by atoms with Crippen molar-refractivity contribution >= 4 is 11.3 Å². The highest BCUT2D eigenvalue weighted by molar-refractivity contribution is 7.09. The smallest absolute Gasteiger partial charge is 0.119 e. The second kappa shape index (κ2) is 7.57. The van der Waals surface area contributed by atoms with Crippen molar-refractivity contribution in [2.75, 3.05) is 6.61 Å². The van der Waals surface area contributed by atoms with Crippen LogP contribution in [-0.4, -0.2) is 11.6 Å². The third-order valence-electron chi connectivity index (χ3n) is 3.19. The lowest BCUT2D eigenvalue weighted by atomic mass is 10.1. The summed E-state index contributed by atoms with van der Waals surface area (Å²) in [6.07, 6.45) is 0. The van der Waals surface area contributed by atoms with Crippen LogP contribution in [0.2, 0.25) is 0 Å². The molecule has 114 valence electrons. The molecule has 0 bridgehead atoms. The topological polar surface area (TPSA) is 34.1 Å². The van der Waals surface area contributed by atoms with Crippen molar-refractivity contribution in [3.63, 3.8) is 0 Å². The number of nitrogens with one attached hydrogen (secondary N) is 1. The number of hydrogen-bond acceptors (Lipinski definition) is 4. The summed E-state index contributed by atoms with van der Waals surface area (Å²) in [5, 5.41) is 6.73.